The molecule has 22 heteroatoms. The van der Waals surface area contributed by atoms with Crippen LogP contribution in [0, 0.1) is 5.41 Å². The van der Waals surface area contributed by atoms with E-state index in [1.807, 2.05) is 52.1 Å². The third-order valence-corrected chi connectivity index (χ3v) is 17.7. The van der Waals surface area contributed by atoms with Gasteiger partial charge in [-0.05, 0) is 103 Å². The van der Waals surface area contributed by atoms with E-state index in [0.29, 0.717) is 50.4 Å². The minimum Gasteiger partial charge on any atom is -0.379 e. The number of nitrogens with one attached hydrogen (secondary N) is 2. The van der Waals surface area contributed by atoms with Gasteiger partial charge in [0.05, 0.1) is 10.6 Å². The number of piperazine rings is 2. The Balaban J connectivity index is 1.02. The molecule has 0 bridgehead atoms. The smallest absolute Gasteiger partial charge is 0.379 e. The Morgan fingerprint density at radius 2 is 1.46 bits per heavy atom. The summed E-state index contributed by atoms with van der Waals surface area (Å²) in [5, 5.41) is 3.63. The topological polar surface area (TPSA) is 180 Å². The van der Waals surface area contributed by atoms with Crippen molar-refractivity contribution in [3.8, 4) is 0 Å². The molecular formula is C47H57ClF3N6O8PS3. The van der Waals surface area contributed by atoms with E-state index in [0.717, 1.165) is 61.6 Å². The number of alkyl halides is 3. The number of allylic oxidation sites excluding steroid dienone is 1. The molecule has 3 aliphatic rings. The summed E-state index contributed by atoms with van der Waals surface area (Å²) in [5.41, 5.74) is -1.30. The second-order valence-corrected chi connectivity index (χ2v) is 25.2. The van der Waals surface area contributed by atoms with Gasteiger partial charge in [-0.25, -0.2) is 21.6 Å². The van der Waals surface area contributed by atoms with Gasteiger partial charge >= 0.3 is 13.1 Å². The van der Waals surface area contributed by atoms with Gasteiger partial charge in [-0.1, -0.05) is 61.4 Å². The molecule has 0 spiro atoms. The van der Waals surface area contributed by atoms with Crippen molar-refractivity contribution in [3.05, 3.63) is 119 Å². The Morgan fingerprint density at radius 1 is 0.841 bits per heavy atom. The van der Waals surface area contributed by atoms with Crippen LogP contribution in [-0.2, 0) is 24.4 Å². The van der Waals surface area contributed by atoms with E-state index in [9.17, 15) is 49.2 Å². The number of anilines is 2. The van der Waals surface area contributed by atoms with E-state index in [4.69, 9.17) is 11.6 Å². The highest BCUT2D eigenvalue weighted by atomic mass is 35.5. The van der Waals surface area contributed by atoms with Gasteiger partial charge in [-0.15, -0.1) is 11.8 Å². The average Bonchev–Trinajstić information content (AvgIpc) is 3.29. The lowest BCUT2D eigenvalue weighted by atomic mass is 9.73. The quantitative estimate of drug-likeness (QED) is 0.0593. The number of halogens is 4. The number of benzene rings is 4. The summed E-state index contributed by atoms with van der Waals surface area (Å²) in [6.45, 7) is 10.0. The van der Waals surface area contributed by atoms with E-state index in [1.54, 1.807) is 17.0 Å². The van der Waals surface area contributed by atoms with Crippen LogP contribution in [0.1, 0.15) is 49.0 Å². The minimum absolute atomic E-state index is 0.0368. The molecule has 2 aliphatic heterocycles. The van der Waals surface area contributed by atoms with Crippen molar-refractivity contribution in [2.45, 2.75) is 59.3 Å². The highest BCUT2D eigenvalue weighted by molar-refractivity contribution is 7.99. The molecule has 7 rings (SSSR count). The molecule has 14 nitrogen and oxygen atoms in total. The summed E-state index contributed by atoms with van der Waals surface area (Å²) in [4.78, 5) is 39.0. The molecule has 2 fully saturated rings. The second-order valence-electron chi connectivity index (χ2n) is 18.5. The SMILES string of the molecule is CC1(C)CCC(c2ccc(Cl)cc2)=C(CN2CCN(c3ccc(C(=O)NS(=O)(=O)c4ccc(NC(CSc5ccccc5)CN5CCN(CP(=O)(O)O)CC5)c(S(=O)(=O)C(F)(F)F)c4)cc3)CC2)C1. The predicted octanol–water partition coefficient (Wildman–Crippen LogP) is 7.86. The molecule has 4 N–H and O–H groups in total. The van der Waals surface area contributed by atoms with Crippen molar-refractivity contribution in [2.24, 2.45) is 5.41 Å². The van der Waals surface area contributed by atoms with Crippen LogP contribution in [0.5, 0.6) is 0 Å². The zero-order valence-electron chi connectivity index (χ0n) is 38.2. The molecular weight excluding hydrogens is 996 g/mol. The maximum absolute atomic E-state index is 14.3. The van der Waals surface area contributed by atoms with Gasteiger partial charge in [0.15, 0.2) is 0 Å². The molecule has 4 aromatic carbocycles. The van der Waals surface area contributed by atoms with Crippen LogP contribution in [0.4, 0.5) is 24.5 Å². The molecule has 4 aromatic rings. The van der Waals surface area contributed by atoms with Gasteiger partial charge in [0.2, 0.25) is 0 Å². The Labute approximate surface area is 411 Å². The number of carbonyl (C=O) groups excluding carboxylic acids is 1. The molecule has 2 heterocycles. The lowest BCUT2D eigenvalue weighted by Gasteiger charge is -2.39. The molecule has 1 atom stereocenters. The first-order valence-corrected chi connectivity index (χ1v) is 28.6. The van der Waals surface area contributed by atoms with Crippen LogP contribution >= 0.6 is 31.0 Å². The number of hydrogen-bond acceptors (Lipinski definition) is 12. The standard InChI is InChI=1S/C47H57ClF3N6O8PS3/c1-46(2)19-18-42(34-8-12-37(48)13-9-34)36(29-46)30-54-24-26-57(27-25-54)39-14-10-35(11-15-39)45(58)53-69(64,65)41-16-17-43(44(28-41)68(62,63)47(49,50)51)52-38(32-67-40-6-4-3-5-7-40)31-55-20-22-56(23-21-55)33-66(59,60)61/h3-17,28,38,52H,18-27,29-33H2,1-2H3,(H,53,58)(H2,59,60,61). The third kappa shape index (κ3) is 14.1. The summed E-state index contributed by atoms with van der Waals surface area (Å²) in [6.07, 6.45) is 2.69. The van der Waals surface area contributed by atoms with Crippen LogP contribution in [0.15, 0.2) is 117 Å². The predicted molar refractivity (Wildman–Crippen MR) is 265 cm³/mol. The summed E-state index contributed by atoms with van der Waals surface area (Å²) in [6, 6.07) is 25.0. The third-order valence-electron chi connectivity index (χ3n) is 12.6. The summed E-state index contributed by atoms with van der Waals surface area (Å²) in [7, 11) is -15.3. The highest BCUT2D eigenvalue weighted by Gasteiger charge is 2.48. The highest BCUT2D eigenvalue weighted by Crippen LogP contribution is 2.43. The van der Waals surface area contributed by atoms with Crippen molar-refractivity contribution < 1.29 is 49.2 Å². The summed E-state index contributed by atoms with van der Waals surface area (Å²) < 4.78 is 110. The van der Waals surface area contributed by atoms with Gasteiger partial charge in [0.25, 0.3) is 25.8 Å². The van der Waals surface area contributed by atoms with Crippen LogP contribution in [-0.4, -0.2) is 136 Å². The first kappa shape index (κ1) is 52.9. The van der Waals surface area contributed by atoms with Gasteiger partial charge in [0.1, 0.15) is 11.2 Å². The second kappa shape index (κ2) is 21.8. The minimum atomic E-state index is -6.14. The normalized spacial score (nSPS) is 18.5. The number of sulfone groups is 1. The lowest BCUT2D eigenvalue weighted by molar-refractivity contribution is -0.0436. The van der Waals surface area contributed by atoms with Gasteiger partial charge in [-0.3, -0.25) is 24.1 Å². The Kier molecular flexibility index (Phi) is 16.7. The summed E-state index contributed by atoms with van der Waals surface area (Å²) in [5.74, 6) is -0.819. The van der Waals surface area contributed by atoms with Crippen molar-refractivity contribution >= 4 is 73.7 Å². The number of sulfonamides is 1. The van der Waals surface area contributed by atoms with Crippen molar-refractivity contribution in [1.82, 2.24) is 19.4 Å². The van der Waals surface area contributed by atoms with Gasteiger partial charge < -0.3 is 20.0 Å². The maximum atomic E-state index is 14.3. The zero-order valence-corrected chi connectivity index (χ0v) is 42.3. The number of rotatable bonds is 17. The molecule has 69 heavy (non-hydrogen) atoms. The van der Waals surface area contributed by atoms with Crippen LogP contribution in [0.3, 0.4) is 0 Å². The van der Waals surface area contributed by atoms with Crippen LogP contribution in [0.25, 0.3) is 5.57 Å². The van der Waals surface area contributed by atoms with E-state index in [-0.39, 0.29) is 23.3 Å². The van der Waals surface area contributed by atoms with Crippen molar-refractivity contribution in [3.63, 3.8) is 0 Å². The Morgan fingerprint density at radius 3 is 2.09 bits per heavy atom. The number of nitrogens with zero attached hydrogens (tertiary/aromatic N) is 4. The van der Waals surface area contributed by atoms with Crippen LogP contribution < -0.4 is 14.9 Å². The molecule has 0 saturated carbocycles. The number of carbonyl (C=O) groups is 1. The van der Waals surface area contributed by atoms with Crippen LogP contribution in [0.2, 0.25) is 5.02 Å². The number of hydrogen-bond donors (Lipinski definition) is 4. The van der Waals surface area contributed by atoms with Crippen molar-refractivity contribution in [1.29, 1.82) is 0 Å². The summed E-state index contributed by atoms with van der Waals surface area (Å²) >= 11 is 7.55. The number of thioether (sulfide) groups is 1. The first-order chi connectivity index (χ1) is 32.4. The average molecular weight is 1050 g/mol. The Hall–Kier alpha value is -3.95. The fourth-order valence-electron chi connectivity index (χ4n) is 8.96. The molecule has 1 aliphatic carbocycles. The molecule has 2 saturated heterocycles. The van der Waals surface area contributed by atoms with E-state index in [2.05, 4.69) is 41.1 Å². The first-order valence-electron chi connectivity index (χ1n) is 22.5. The maximum Gasteiger partial charge on any atom is 0.501 e. The fourth-order valence-corrected chi connectivity index (χ4v) is 12.8. The largest absolute Gasteiger partial charge is 0.501 e. The van der Waals surface area contributed by atoms with E-state index >= 15 is 0 Å². The molecule has 1 amide bonds. The van der Waals surface area contributed by atoms with Crippen molar-refractivity contribution in [2.75, 3.05) is 87.7 Å². The molecule has 1 unspecified atom stereocenters. The molecule has 374 valence electrons. The lowest BCUT2D eigenvalue weighted by Crippen LogP contribution is -2.50. The molecule has 0 radical (unpaired) electrons. The molecule has 0 aromatic heterocycles. The number of amides is 1. The van der Waals surface area contributed by atoms with E-state index < -0.39 is 66.7 Å². The van der Waals surface area contributed by atoms with Gasteiger partial charge in [-0.2, -0.15) is 13.2 Å². The monoisotopic (exact) mass is 1050 g/mol. The fraction of sp³-hybridized carbons (Fsp3) is 0.426. The van der Waals surface area contributed by atoms with E-state index in [1.165, 1.54) is 40.6 Å². The van der Waals surface area contributed by atoms with Gasteiger partial charge in [0, 0.05) is 98.4 Å². The Bertz CT molecular complexity index is 2750. The zero-order chi connectivity index (χ0) is 49.8.